The Labute approximate surface area is 143 Å². The number of carbonyl (C=O) groups is 1. The highest BCUT2D eigenvalue weighted by Gasteiger charge is 2.30. The maximum atomic E-state index is 12.9. The van der Waals surface area contributed by atoms with Crippen LogP contribution in [0, 0.1) is 0 Å². The number of benzene rings is 1. The van der Waals surface area contributed by atoms with Crippen molar-refractivity contribution in [3.05, 3.63) is 30.0 Å². The molecular weight excluding hydrogens is 352 g/mol. The molecule has 134 valence electrons. The van der Waals surface area contributed by atoms with E-state index in [0.717, 1.165) is 0 Å². The Bertz CT molecular complexity index is 885. The molecule has 1 aliphatic heterocycles. The SMILES string of the molecule is COc1ccc(-c2cc(C(=O)O)no2)cc1S(=O)(=O)N1CCOCC1. The molecule has 10 heteroatoms. The number of carboxylic acids is 1. The molecule has 1 fully saturated rings. The van der Waals surface area contributed by atoms with Crippen LogP contribution in [0.25, 0.3) is 11.3 Å². The van der Waals surface area contributed by atoms with Gasteiger partial charge in [0.15, 0.2) is 11.5 Å². The third kappa shape index (κ3) is 3.36. The van der Waals surface area contributed by atoms with Crippen LogP contribution in [0.4, 0.5) is 0 Å². The van der Waals surface area contributed by atoms with Crippen LogP contribution in [0.1, 0.15) is 10.5 Å². The van der Waals surface area contributed by atoms with Gasteiger partial charge in [0, 0.05) is 24.7 Å². The van der Waals surface area contributed by atoms with E-state index in [1.54, 1.807) is 6.07 Å². The Kier molecular flexibility index (Phi) is 4.75. The highest BCUT2D eigenvalue weighted by molar-refractivity contribution is 7.89. The summed E-state index contributed by atoms with van der Waals surface area (Å²) in [5.41, 5.74) is 0.121. The summed E-state index contributed by atoms with van der Waals surface area (Å²) < 4.78 is 42.5. The lowest BCUT2D eigenvalue weighted by atomic mass is 10.1. The second-order valence-electron chi connectivity index (χ2n) is 5.26. The van der Waals surface area contributed by atoms with Gasteiger partial charge in [-0.1, -0.05) is 5.16 Å². The number of hydrogen-bond acceptors (Lipinski definition) is 7. The fourth-order valence-electron chi connectivity index (χ4n) is 2.47. The van der Waals surface area contributed by atoms with Gasteiger partial charge in [-0.05, 0) is 18.2 Å². The molecule has 0 radical (unpaired) electrons. The van der Waals surface area contributed by atoms with Gasteiger partial charge in [-0.3, -0.25) is 0 Å². The van der Waals surface area contributed by atoms with Gasteiger partial charge in [-0.25, -0.2) is 13.2 Å². The van der Waals surface area contributed by atoms with Crippen molar-refractivity contribution in [2.24, 2.45) is 0 Å². The summed E-state index contributed by atoms with van der Waals surface area (Å²) in [7, 11) is -2.42. The van der Waals surface area contributed by atoms with Crippen LogP contribution in [-0.2, 0) is 14.8 Å². The van der Waals surface area contributed by atoms with Crippen LogP contribution in [0.2, 0.25) is 0 Å². The van der Waals surface area contributed by atoms with E-state index in [1.807, 2.05) is 0 Å². The van der Waals surface area contributed by atoms with E-state index in [2.05, 4.69) is 5.16 Å². The molecule has 0 amide bonds. The smallest absolute Gasteiger partial charge is 0.358 e. The van der Waals surface area contributed by atoms with Gasteiger partial charge in [0.05, 0.1) is 20.3 Å². The molecule has 0 spiro atoms. The number of carboxylic acid groups (broad SMARTS) is 1. The molecule has 0 saturated carbocycles. The topological polar surface area (TPSA) is 119 Å². The van der Waals surface area contributed by atoms with Crippen LogP contribution in [0.5, 0.6) is 5.75 Å². The molecule has 1 aromatic carbocycles. The van der Waals surface area contributed by atoms with Crippen molar-refractivity contribution >= 4 is 16.0 Å². The normalized spacial score (nSPS) is 15.9. The summed E-state index contributed by atoms with van der Waals surface area (Å²) in [6, 6.07) is 5.68. The van der Waals surface area contributed by atoms with Crippen LogP contribution < -0.4 is 4.74 Å². The van der Waals surface area contributed by atoms with E-state index in [9.17, 15) is 13.2 Å². The molecule has 0 aliphatic carbocycles. The number of methoxy groups -OCH3 is 1. The second-order valence-corrected chi connectivity index (χ2v) is 7.17. The Morgan fingerprint density at radius 3 is 2.60 bits per heavy atom. The van der Waals surface area contributed by atoms with Crippen molar-refractivity contribution in [1.82, 2.24) is 9.46 Å². The van der Waals surface area contributed by atoms with E-state index in [-0.39, 0.29) is 35.2 Å². The number of aromatic nitrogens is 1. The van der Waals surface area contributed by atoms with Gasteiger partial charge in [0.1, 0.15) is 10.6 Å². The van der Waals surface area contributed by atoms with Crippen molar-refractivity contribution in [3.63, 3.8) is 0 Å². The molecule has 2 heterocycles. The monoisotopic (exact) mass is 368 g/mol. The molecule has 0 unspecified atom stereocenters. The van der Waals surface area contributed by atoms with Gasteiger partial charge in [-0.15, -0.1) is 0 Å². The molecule has 1 aromatic heterocycles. The van der Waals surface area contributed by atoms with Gasteiger partial charge in [-0.2, -0.15) is 4.31 Å². The summed E-state index contributed by atoms with van der Waals surface area (Å²) in [4.78, 5) is 10.9. The minimum atomic E-state index is -3.79. The third-order valence-electron chi connectivity index (χ3n) is 3.77. The Morgan fingerprint density at radius 1 is 1.28 bits per heavy atom. The first-order valence-electron chi connectivity index (χ1n) is 7.40. The third-order valence-corrected chi connectivity index (χ3v) is 5.69. The number of aromatic carboxylic acids is 1. The summed E-state index contributed by atoms with van der Waals surface area (Å²) in [6.07, 6.45) is 0. The number of sulfonamides is 1. The predicted molar refractivity (Wildman–Crippen MR) is 85.0 cm³/mol. The number of ether oxygens (including phenoxy) is 2. The Morgan fingerprint density at radius 2 is 2.00 bits per heavy atom. The minimum absolute atomic E-state index is 0.0253. The fourth-order valence-corrected chi connectivity index (χ4v) is 4.06. The van der Waals surface area contributed by atoms with Crippen molar-refractivity contribution in [3.8, 4) is 17.1 Å². The first kappa shape index (κ1) is 17.4. The molecule has 1 aliphatic rings. The average Bonchev–Trinajstić information content (AvgIpc) is 3.12. The van der Waals surface area contributed by atoms with Crippen molar-refractivity contribution in [2.45, 2.75) is 4.90 Å². The van der Waals surface area contributed by atoms with Crippen molar-refractivity contribution < 1.29 is 32.3 Å². The zero-order chi connectivity index (χ0) is 18.0. The summed E-state index contributed by atoms with van der Waals surface area (Å²) in [6.45, 7) is 1.15. The fraction of sp³-hybridized carbons (Fsp3) is 0.333. The molecule has 2 aromatic rings. The molecule has 0 bridgehead atoms. The molecule has 1 N–H and O–H groups in total. The maximum Gasteiger partial charge on any atom is 0.358 e. The van der Waals surface area contributed by atoms with Crippen molar-refractivity contribution in [1.29, 1.82) is 0 Å². The van der Waals surface area contributed by atoms with E-state index in [4.69, 9.17) is 19.1 Å². The van der Waals surface area contributed by atoms with Crippen molar-refractivity contribution in [2.75, 3.05) is 33.4 Å². The van der Waals surface area contributed by atoms with E-state index < -0.39 is 16.0 Å². The molecule has 3 rings (SSSR count). The van der Waals surface area contributed by atoms with E-state index in [1.165, 1.54) is 29.6 Å². The predicted octanol–water partition coefficient (Wildman–Crippen LogP) is 1.07. The summed E-state index contributed by atoms with van der Waals surface area (Å²) in [5.74, 6) is -0.892. The van der Waals surface area contributed by atoms with Gasteiger partial charge >= 0.3 is 5.97 Å². The number of hydrogen-bond donors (Lipinski definition) is 1. The number of rotatable bonds is 5. The molecule has 1 saturated heterocycles. The maximum absolute atomic E-state index is 12.9. The van der Waals surface area contributed by atoms with Gasteiger partial charge in [0.25, 0.3) is 0 Å². The molecular formula is C15H16N2O7S. The number of morpholine rings is 1. The molecule has 0 atom stereocenters. The van der Waals surface area contributed by atoms with E-state index in [0.29, 0.717) is 18.8 Å². The largest absolute Gasteiger partial charge is 0.495 e. The minimum Gasteiger partial charge on any atom is -0.495 e. The first-order valence-corrected chi connectivity index (χ1v) is 8.84. The van der Waals surface area contributed by atoms with Crippen LogP contribution in [0.3, 0.4) is 0 Å². The van der Waals surface area contributed by atoms with Gasteiger partial charge < -0.3 is 19.1 Å². The lowest BCUT2D eigenvalue weighted by Crippen LogP contribution is -2.40. The second kappa shape index (κ2) is 6.82. The van der Waals surface area contributed by atoms with Crippen LogP contribution in [0.15, 0.2) is 33.7 Å². The van der Waals surface area contributed by atoms with Crippen LogP contribution in [-0.4, -0.2) is 62.4 Å². The quantitative estimate of drug-likeness (QED) is 0.832. The van der Waals surface area contributed by atoms with Crippen LogP contribution >= 0.6 is 0 Å². The Balaban J connectivity index is 2.04. The zero-order valence-electron chi connectivity index (χ0n) is 13.3. The first-order chi connectivity index (χ1) is 11.9. The summed E-state index contributed by atoms with van der Waals surface area (Å²) >= 11 is 0. The highest BCUT2D eigenvalue weighted by atomic mass is 32.2. The van der Waals surface area contributed by atoms with Gasteiger partial charge in [0.2, 0.25) is 10.0 Å². The summed E-state index contributed by atoms with van der Waals surface area (Å²) in [5, 5.41) is 12.4. The standard InChI is InChI=1S/C15H16N2O7S/c1-22-12-3-2-10(13-9-11(15(18)19)16-24-13)8-14(12)25(20,21)17-4-6-23-7-5-17/h2-3,8-9H,4-7H2,1H3,(H,18,19). The zero-order valence-corrected chi connectivity index (χ0v) is 14.2. The lowest BCUT2D eigenvalue weighted by molar-refractivity contribution is 0.0685. The molecule has 25 heavy (non-hydrogen) atoms. The lowest BCUT2D eigenvalue weighted by Gasteiger charge is -2.26. The average molecular weight is 368 g/mol. The van der Waals surface area contributed by atoms with E-state index >= 15 is 0 Å². The highest BCUT2D eigenvalue weighted by Crippen LogP contribution is 2.32. The number of nitrogens with zero attached hydrogens (tertiary/aromatic N) is 2. The Hall–Kier alpha value is -2.43. The molecule has 9 nitrogen and oxygen atoms in total.